The third-order valence-electron chi connectivity index (χ3n) is 2.98. The van der Waals surface area contributed by atoms with Gasteiger partial charge in [0.1, 0.15) is 5.82 Å². The highest BCUT2D eigenvalue weighted by Gasteiger charge is 2.08. The van der Waals surface area contributed by atoms with Crippen molar-refractivity contribution in [1.82, 2.24) is 0 Å². The van der Waals surface area contributed by atoms with E-state index in [9.17, 15) is 4.39 Å². The predicted octanol–water partition coefficient (Wildman–Crippen LogP) is 3.57. The molecule has 0 spiro atoms. The monoisotopic (exact) mass is 278 g/mol. The van der Waals surface area contributed by atoms with Gasteiger partial charge in [0.15, 0.2) is 0 Å². The van der Waals surface area contributed by atoms with E-state index in [1.807, 2.05) is 36.2 Å². The third-order valence-corrected chi connectivity index (χ3v) is 3.22. The normalized spacial score (nSPS) is 10.5. The molecule has 0 amide bonds. The molecule has 0 heterocycles. The Bertz CT molecular complexity index is 572. The second-order valence-electron chi connectivity index (χ2n) is 4.46. The molecule has 0 radical (unpaired) electrons. The second-order valence-corrected chi connectivity index (χ2v) is 4.90. The van der Waals surface area contributed by atoms with Crippen LogP contribution in [0.1, 0.15) is 11.1 Å². The fourth-order valence-corrected chi connectivity index (χ4v) is 2.28. The van der Waals surface area contributed by atoms with Crippen molar-refractivity contribution < 1.29 is 4.39 Å². The molecule has 0 unspecified atom stereocenters. The lowest BCUT2D eigenvalue weighted by Crippen LogP contribution is -2.19. The summed E-state index contributed by atoms with van der Waals surface area (Å²) in [6, 6.07) is 12.2. The molecule has 2 rings (SSSR count). The minimum absolute atomic E-state index is 0.221. The van der Waals surface area contributed by atoms with E-state index < -0.39 is 0 Å². The molecule has 0 aliphatic rings. The molecule has 0 aliphatic carbocycles. The fourth-order valence-electron chi connectivity index (χ4n) is 2.08. The number of nitrogens with zero attached hydrogens (tertiary/aromatic N) is 1. The van der Waals surface area contributed by atoms with Gasteiger partial charge < -0.3 is 10.6 Å². The smallest absolute Gasteiger partial charge is 0.123 e. The van der Waals surface area contributed by atoms with Crippen LogP contribution in [0.5, 0.6) is 0 Å². The van der Waals surface area contributed by atoms with E-state index in [1.54, 1.807) is 6.07 Å². The molecule has 19 heavy (non-hydrogen) atoms. The lowest BCUT2D eigenvalue weighted by atomic mass is 10.1. The zero-order chi connectivity index (χ0) is 13.8. The third kappa shape index (κ3) is 3.46. The van der Waals surface area contributed by atoms with Crippen molar-refractivity contribution in [2.45, 2.75) is 13.1 Å². The van der Waals surface area contributed by atoms with Gasteiger partial charge in [0.2, 0.25) is 0 Å². The first-order valence-electron chi connectivity index (χ1n) is 6.04. The highest BCUT2D eigenvalue weighted by atomic mass is 35.5. The van der Waals surface area contributed by atoms with E-state index >= 15 is 0 Å². The standard InChI is InChI=1S/C15H16ClFN2/c1-19(10-11-3-2-4-14(17)7-11)15-6-5-13(16)8-12(15)9-18/h2-8H,9-10,18H2,1H3. The summed E-state index contributed by atoms with van der Waals surface area (Å²) in [5, 5.41) is 0.670. The highest BCUT2D eigenvalue weighted by molar-refractivity contribution is 6.30. The Morgan fingerprint density at radius 3 is 2.68 bits per heavy atom. The Morgan fingerprint density at radius 2 is 2.00 bits per heavy atom. The summed E-state index contributed by atoms with van der Waals surface area (Å²) in [4.78, 5) is 2.04. The summed E-state index contributed by atoms with van der Waals surface area (Å²) in [7, 11) is 1.95. The van der Waals surface area contributed by atoms with Crippen LogP contribution in [-0.4, -0.2) is 7.05 Å². The summed E-state index contributed by atoms with van der Waals surface area (Å²) in [5.74, 6) is -0.221. The van der Waals surface area contributed by atoms with E-state index in [-0.39, 0.29) is 5.82 Å². The lowest BCUT2D eigenvalue weighted by molar-refractivity contribution is 0.625. The maximum absolute atomic E-state index is 13.2. The first kappa shape index (κ1) is 13.8. The van der Waals surface area contributed by atoms with Crippen LogP contribution in [-0.2, 0) is 13.1 Å². The lowest BCUT2D eigenvalue weighted by Gasteiger charge is -2.22. The Kier molecular flexibility index (Phi) is 4.40. The zero-order valence-electron chi connectivity index (χ0n) is 10.7. The molecule has 2 aromatic carbocycles. The maximum Gasteiger partial charge on any atom is 0.123 e. The molecule has 0 aliphatic heterocycles. The molecule has 0 bridgehead atoms. The van der Waals surface area contributed by atoms with Crippen molar-refractivity contribution in [2.75, 3.05) is 11.9 Å². The average Bonchev–Trinajstić information content (AvgIpc) is 2.38. The molecule has 2 nitrogen and oxygen atoms in total. The van der Waals surface area contributed by atoms with Gasteiger partial charge in [-0.2, -0.15) is 0 Å². The number of rotatable bonds is 4. The van der Waals surface area contributed by atoms with Crippen LogP contribution >= 0.6 is 11.6 Å². The van der Waals surface area contributed by atoms with E-state index in [0.717, 1.165) is 16.8 Å². The fraction of sp³-hybridized carbons (Fsp3) is 0.200. The summed E-state index contributed by atoms with van der Waals surface area (Å²) < 4.78 is 13.2. The minimum Gasteiger partial charge on any atom is -0.370 e. The number of hydrogen-bond acceptors (Lipinski definition) is 2. The SMILES string of the molecule is CN(Cc1cccc(F)c1)c1ccc(Cl)cc1CN. The average molecular weight is 279 g/mol. The van der Waals surface area contributed by atoms with Crippen LogP contribution in [0.25, 0.3) is 0 Å². The van der Waals surface area contributed by atoms with Crippen molar-refractivity contribution in [2.24, 2.45) is 5.73 Å². The van der Waals surface area contributed by atoms with Gasteiger partial charge in [0.05, 0.1) is 0 Å². The van der Waals surface area contributed by atoms with Crippen LogP contribution in [0.2, 0.25) is 5.02 Å². The number of nitrogens with two attached hydrogens (primary N) is 1. The van der Waals surface area contributed by atoms with Crippen LogP contribution in [0.3, 0.4) is 0 Å². The first-order chi connectivity index (χ1) is 9.10. The number of anilines is 1. The molecule has 0 saturated heterocycles. The van der Waals surface area contributed by atoms with E-state index in [1.165, 1.54) is 12.1 Å². The topological polar surface area (TPSA) is 29.3 Å². The number of halogens is 2. The van der Waals surface area contributed by atoms with Crippen LogP contribution in [0, 0.1) is 5.82 Å². The summed E-state index contributed by atoms with van der Waals surface area (Å²) in [5.41, 5.74) is 8.64. The Hall–Kier alpha value is -1.58. The quantitative estimate of drug-likeness (QED) is 0.926. The van der Waals surface area contributed by atoms with E-state index in [4.69, 9.17) is 17.3 Å². The summed E-state index contributed by atoms with van der Waals surface area (Å²) in [6.45, 7) is 1.04. The van der Waals surface area contributed by atoms with Crippen molar-refractivity contribution in [3.8, 4) is 0 Å². The van der Waals surface area contributed by atoms with Gasteiger partial charge in [-0.15, -0.1) is 0 Å². The van der Waals surface area contributed by atoms with Gasteiger partial charge in [-0.25, -0.2) is 4.39 Å². The number of benzene rings is 2. The number of hydrogen-bond donors (Lipinski definition) is 1. The predicted molar refractivity (Wildman–Crippen MR) is 77.9 cm³/mol. The molecule has 2 N–H and O–H groups in total. The van der Waals surface area contributed by atoms with Crippen molar-refractivity contribution in [3.05, 3.63) is 64.4 Å². The summed E-state index contributed by atoms with van der Waals surface area (Å²) in [6.07, 6.45) is 0. The van der Waals surface area contributed by atoms with Gasteiger partial charge in [-0.05, 0) is 41.5 Å². The van der Waals surface area contributed by atoms with Gasteiger partial charge in [0.25, 0.3) is 0 Å². The van der Waals surface area contributed by atoms with Crippen LogP contribution in [0.4, 0.5) is 10.1 Å². The molecule has 0 fully saturated rings. The first-order valence-corrected chi connectivity index (χ1v) is 6.42. The van der Waals surface area contributed by atoms with Gasteiger partial charge in [0, 0.05) is 30.8 Å². The van der Waals surface area contributed by atoms with E-state index in [2.05, 4.69) is 0 Å². The van der Waals surface area contributed by atoms with Crippen LogP contribution in [0.15, 0.2) is 42.5 Å². The Morgan fingerprint density at radius 1 is 1.21 bits per heavy atom. The van der Waals surface area contributed by atoms with Crippen LogP contribution < -0.4 is 10.6 Å². The largest absolute Gasteiger partial charge is 0.370 e. The van der Waals surface area contributed by atoms with Gasteiger partial charge >= 0.3 is 0 Å². The Balaban J connectivity index is 2.22. The van der Waals surface area contributed by atoms with Crippen molar-refractivity contribution in [3.63, 3.8) is 0 Å². The molecular weight excluding hydrogens is 263 g/mol. The Labute approximate surface area is 117 Å². The highest BCUT2D eigenvalue weighted by Crippen LogP contribution is 2.24. The van der Waals surface area contributed by atoms with Crippen molar-refractivity contribution in [1.29, 1.82) is 0 Å². The van der Waals surface area contributed by atoms with Gasteiger partial charge in [-0.1, -0.05) is 23.7 Å². The molecule has 0 saturated carbocycles. The molecular formula is C15H16ClFN2. The van der Waals surface area contributed by atoms with Crippen molar-refractivity contribution >= 4 is 17.3 Å². The van der Waals surface area contributed by atoms with Gasteiger partial charge in [-0.3, -0.25) is 0 Å². The summed E-state index contributed by atoms with van der Waals surface area (Å²) >= 11 is 5.96. The minimum atomic E-state index is -0.221. The molecule has 0 aromatic heterocycles. The molecule has 100 valence electrons. The maximum atomic E-state index is 13.2. The van der Waals surface area contributed by atoms with E-state index in [0.29, 0.717) is 18.1 Å². The second kappa shape index (κ2) is 6.04. The molecule has 4 heteroatoms. The molecule has 0 atom stereocenters. The zero-order valence-corrected chi connectivity index (χ0v) is 11.5. The molecule has 2 aromatic rings.